The summed E-state index contributed by atoms with van der Waals surface area (Å²) in [7, 11) is 1.60. The number of carbonyl (C=O) groups excluding carboxylic acids is 2. The van der Waals surface area contributed by atoms with Crippen molar-refractivity contribution in [1.29, 1.82) is 0 Å². The monoisotopic (exact) mass is 450 g/mol. The second kappa shape index (κ2) is 9.72. The highest BCUT2D eigenvalue weighted by molar-refractivity contribution is 5.97. The van der Waals surface area contributed by atoms with Gasteiger partial charge in [-0.3, -0.25) is 9.59 Å². The molecular weight excluding hydrogens is 424 g/mol. The SMILES string of the molecule is COc1ccccc1C1CN(C(C)=O)CCN1C(=O)c1ccccc1OCc1nonc1C. The van der Waals surface area contributed by atoms with Crippen LogP contribution in [0, 0.1) is 6.92 Å². The first-order chi connectivity index (χ1) is 16.0. The number of amides is 2. The second-order valence-corrected chi connectivity index (χ2v) is 7.80. The van der Waals surface area contributed by atoms with E-state index in [-0.39, 0.29) is 24.5 Å². The Balaban J connectivity index is 1.64. The summed E-state index contributed by atoms with van der Waals surface area (Å²) >= 11 is 0. The number of methoxy groups -OCH3 is 1. The van der Waals surface area contributed by atoms with Crippen LogP contribution in [0.25, 0.3) is 0 Å². The van der Waals surface area contributed by atoms with Crippen molar-refractivity contribution in [2.75, 3.05) is 26.7 Å². The van der Waals surface area contributed by atoms with E-state index >= 15 is 0 Å². The van der Waals surface area contributed by atoms with Gasteiger partial charge in [-0.2, -0.15) is 0 Å². The zero-order chi connectivity index (χ0) is 23.4. The van der Waals surface area contributed by atoms with E-state index in [1.165, 1.54) is 0 Å². The van der Waals surface area contributed by atoms with Gasteiger partial charge in [-0.1, -0.05) is 40.6 Å². The van der Waals surface area contributed by atoms with Gasteiger partial charge in [0.2, 0.25) is 5.91 Å². The summed E-state index contributed by atoms with van der Waals surface area (Å²) in [6.07, 6.45) is 0. The van der Waals surface area contributed by atoms with Crippen LogP contribution >= 0.6 is 0 Å². The van der Waals surface area contributed by atoms with Gasteiger partial charge in [-0.05, 0) is 25.1 Å². The average Bonchev–Trinajstić information content (AvgIpc) is 3.26. The third-order valence-electron chi connectivity index (χ3n) is 5.81. The summed E-state index contributed by atoms with van der Waals surface area (Å²) in [6.45, 7) is 4.68. The molecule has 1 aromatic heterocycles. The smallest absolute Gasteiger partial charge is 0.258 e. The summed E-state index contributed by atoms with van der Waals surface area (Å²) in [4.78, 5) is 29.4. The van der Waals surface area contributed by atoms with Crippen LogP contribution in [0.1, 0.15) is 40.3 Å². The fourth-order valence-corrected chi connectivity index (χ4v) is 3.97. The second-order valence-electron chi connectivity index (χ2n) is 7.80. The lowest BCUT2D eigenvalue weighted by Gasteiger charge is -2.42. The molecule has 0 aliphatic carbocycles. The van der Waals surface area contributed by atoms with Crippen LogP contribution in [0.5, 0.6) is 11.5 Å². The molecule has 2 heterocycles. The van der Waals surface area contributed by atoms with E-state index in [1.54, 1.807) is 49.0 Å². The number of nitrogens with zero attached hydrogens (tertiary/aromatic N) is 4. The van der Waals surface area contributed by atoms with Crippen LogP contribution in [0.2, 0.25) is 0 Å². The Labute approximate surface area is 191 Å². The molecule has 3 aromatic rings. The fraction of sp³-hybridized carbons (Fsp3) is 0.333. The maximum absolute atomic E-state index is 13.8. The number of aromatic nitrogens is 2. The minimum atomic E-state index is -0.360. The molecule has 1 saturated heterocycles. The number of carbonyl (C=O) groups is 2. The molecular formula is C24H26N4O5. The normalized spacial score (nSPS) is 15.9. The minimum Gasteiger partial charge on any atom is -0.496 e. The number of hydrogen-bond acceptors (Lipinski definition) is 7. The van der Waals surface area contributed by atoms with Crippen molar-refractivity contribution >= 4 is 11.8 Å². The number of rotatable bonds is 6. The highest BCUT2D eigenvalue weighted by atomic mass is 16.6. The van der Waals surface area contributed by atoms with Crippen LogP contribution in [0.3, 0.4) is 0 Å². The molecule has 0 spiro atoms. The van der Waals surface area contributed by atoms with Gasteiger partial charge in [0.25, 0.3) is 5.91 Å². The number of hydrogen-bond donors (Lipinski definition) is 0. The quantitative estimate of drug-likeness (QED) is 0.569. The molecule has 2 amide bonds. The lowest BCUT2D eigenvalue weighted by molar-refractivity contribution is -0.131. The molecule has 1 aliphatic heterocycles. The Morgan fingerprint density at radius 1 is 1.06 bits per heavy atom. The standard InChI is InChI=1S/C24H26N4O5/c1-16-20(26-33-25-16)15-32-23-11-7-5-9-19(23)24(30)28-13-12-27(17(2)29)14-21(28)18-8-4-6-10-22(18)31-3/h4-11,21H,12-15H2,1-3H3. The Morgan fingerprint density at radius 2 is 1.79 bits per heavy atom. The van der Waals surface area contributed by atoms with Crippen LogP contribution < -0.4 is 9.47 Å². The third-order valence-corrected chi connectivity index (χ3v) is 5.81. The average molecular weight is 450 g/mol. The molecule has 0 N–H and O–H groups in total. The lowest BCUT2D eigenvalue weighted by Crippen LogP contribution is -2.52. The van der Waals surface area contributed by atoms with Crippen molar-refractivity contribution in [1.82, 2.24) is 20.1 Å². The van der Waals surface area contributed by atoms with Crippen LogP contribution in [-0.2, 0) is 11.4 Å². The Bertz CT molecular complexity index is 1150. The van der Waals surface area contributed by atoms with Gasteiger partial charge in [0.1, 0.15) is 29.5 Å². The predicted molar refractivity (Wildman–Crippen MR) is 119 cm³/mol. The van der Waals surface area contributed by atoms with Gasteiger partial charge < -0.3 is 19.3 Å². The maximum atomic E-state index is 13.8. The molecule has 1 unspecified atom stereocenters. The first-order valence-electron chi connectivity index (χ1n) is 10.7. The molecule has 1 atom stereocenters. The van der Waals surface area contributed by atoms with Gasteiger partial charge in [-0.15, -0.1) is 0 Å². The van der Waals surface area contributed by atoms with Crippen molar-refractivity contribution in [3.05, 3.63) is 71.0 Å². The summed E-state index contributed by atoms with van der Waals surface area (Å²) in [5.41, 5.74) is 2.49. The number of ether oxygens (including phenoxy) is 2. The molecule has 172 valence electrons. The van der Waals surface area contributed by atoms with Crippen LogP contribution in [0.15, 0.2) is 53.2 Å². The zero-order valence-electron chi connectivity index (χ0n) is 18.9. The van der Waals surface area contributed by atoms with Gasteiger partial charge >= 0.3 is 0 Å². The highest BCUT2D eigenvalue weighted by Crippen LogP contribution is 2.34. The van der Waals surface area contributed by atoms with E-state index < -0.39 is 0 Å². The van der Waals surface area contributed by atoms with Gasteiger partial charge in [0.15, 0.2) is 0 Å². The van der Waals surface area contributed by atoms with E-state index in [1.807, 2.05) is 30.3 Å². The van der Waals surface area contributed by atoms with Crippen LogP contribution in [0.4, 0.5) is 0 Å². The predicted octanol–water partition coefficient (Wildman–Crippen LogP) is 3.01. The van der Waals surface area contributed by atoms with Crippen molar-refractivity contribution in [2.45, 2.75) is 26.5 Å². The lowest BCUT2D eigenvalue weighted by atomic mass is 9.99. The molecule has 1 fully saturated rings. The molecule has 0 saturated carbocycles. The van der Waals surface area contributed by atoms with Crippen molar-refractivity contribution < 1.29 is 23.7 Å². The number of benzene rings is 2. The molecule has 4 rings (SSSR count). The summed E-state index contributed by atoms with van der Waals surface area (Å²) in [5, 5.41) is 7.59. The van der Waals surface area contributed by atoms with Gasteiger partial charge in [0.05, 0.1) is 18.7 Å². The molecule has 2 aromatic carbocycles. The van der Waals surface area contributed by atoms with Crippen molar-refractivity contribution in [3.63, 3.8) is 0 Å². The van der Waals surface area contributed by atoms with Crippen LogP contribution in [-0.4, -0.2) is 58.7 Å². The van der Waals surface area contributed by atoms with E-state index in [0.29, 0.717) is 48.1 Å². The number of piperazine rings is 1. The molecule has 9 nitrogen and oxygen atoms in total. The number of para-hydroxylation sites is 2. The molecule has 0 radical (unpaired) electrons. The van der Waals surface area contributed by atoms with Gasteiger partial charge in [0, 0.05) is 32.1 Å². The fourth-order valence-electron chi connectivity index (χ4n) is 3.97. The Kier molecular flexibility index (Phi) is 6.58. The molecule has 33 heavy (non-hydrogen) atoms. The largest absolute Gasteiger partial charge is 0.496 e. The van der Waals surface area contributed by atoms with E-state index in [0.717, 1.165) is 5.56 Å². The minimum absolute atomic E-state index is 0.0256. The summed E-state index contributed by atoms with van der Waals surface area (Å²) < 4.78 is 16.2. The first-order valence-corrected chi connectivity index (χ1v) is 10.7. The Morgan fingerprint density at radius 3 is 2.48 bits per heavy atom. The maximum Gasteiger partial charge on any atom is 0.258 e. The molecule has 0 bridgehead atoms. The first kappa shape index (κ1) is 22.3. The molecule has 1 aliphatic rings. The van der Waals surface area contributed by atoms with E-state index in [2.05, 4.69) is 10.3 Å². The van der Waals surface area contributed by atoms with Gasteiger partial charge in [-0.25, -0.2) is 4.63 Å². The summed E-state index contributed by atoms with van der Waals surface area (Å²) in [6, 6.07) is 14.3. The van der Waals surface area contributed by atoms with Crippen molar-refractivity contribution in [3.8, 4) is 11.5 Å². The van der Waals surface area contributed by atoms with E-state index in [4.69, 9.17) is 14.1 Å². The summed E-state index contributed by atoms with van der Waals surface area (Å²) in [5.74, 6) is 0.906. The van der Waals surface area contributed by atoms with Crippen molar-refractivity contribution in [2.24, 2.45) is 0 Å². The van der Waals surface area contributed by atoms with E-state index in [9.17, 15) is 9.59 Å². The zero-order valence-corrected chi connectivity index (χ0v) is 18.9. The third kappa shape index (κ3) is 4.67. The number of aryl methyl sites for hydroxylation is 1. The topological polar surface area (TPSA) is 98.0 Å². The highest BCUT2D eigenvalue weighted by Gasteiger charge is 2.35. The molecule has 9 heteroatoms. The Hall–Kier alpha value is -3.88.